The second kappa shape index (κ2) is 13.9. The van der Waals surface area contributed by atoms with Crippen molar-refractivity contribution in [3.05, 3.63) is 0 Å². The van der Waals surface area contributed by atoms with Crippen molar-refractivity contribution in [1.29, 1.82) is 0 Å². The van der Waals surface area contributed by atoms with Crippen molar-refractivity contribution in [1.82, 2.24) is 16.0 Å². The van der Waals surface area contributed by atoms with Crippen LogP contribution in [0.15, 0.2) is 0 Å². The van der Waals surface area contributed by atoms with Crippen molar-refractivity contribution >= 4 is 23.7 Å². The number of rotatable bonds is 14. The Morgan fingerprint density at radius 1 is 0.900 bits per heavy atom. The molecule has 0 aromatic heterocycles. The molecule has 0 spiro atoms. The second-order valence-electron chi connectivity index (χ2n) is 7.42. The number of hydrogen-bond acceptors (Lipinski definition) is 8. The molecule has 0 fully saturated rings. The minimum Gasteiger partial charge on any atom is -0.480 e. The van der Waals surface area contributed by atoms with Crippen LogP contribution in [0.3, 0.4) is 0 Å². The third-order valence-corrected chi connectivity index (χ3v) is 4.46. The van der Waals surface area contributed by atoms with Crippen LogP contribution in [-0.4, -0.2) is 82.4 Å². The van der Waals surface area contributed by atoms with E-state index in [0.29, 0.717) is 19.4 Å². The summed E-state index contributed by atoms with van der Waals surface area (Å²) in [5.41, 5.74) is 11.3. The number of carboxylic acids is 1. The van der Waals surface area contributed by atoms with Crippen molar-refractivity contribution in [2.45, 2.75) is 70.3 Å². The number of carboxylic acid groups (broad SMARTS) is 1. The van der Waals surface area contributed by atoms with E-state index >= 15 is 0 Å². The summed E-state index contributed by atoms with van der Waals surface area (Å²) in [6, 6.07) is -4.96. The van der Waals surface area contributed by atoms with Gasteiger partial charge in [-0.3, -0.25) is 14.4 Å². The molecule has 3 amide bonds. The Labute approximate surface area is 175 Å². The molecule has 0 heterocycles. The molecule has 30 heavy (non-hydrogen) atoms. The van der Waals surface area contributed by atoms with E-state index in [2.05, 4.69) is 16.0 Å². The van der Waals surface area contributed by atoms with E-state index in [1.807, 2.05) is 0 Å². The molecule has 174 valence electrons. The molecule has 0 aliphatic heterocycles. The molecular formula is C18H35N5O7. The van der Waals surface area contributed by atoms with E-state index in [0.717, 1.165) is 0 Å². The standard InChI is InChI=1S/C18H35N5O7/c1-9(2)13(20)17(28)21-11(6-4-5-7-19)15(26)22-12(8-24)16(27)23-14(10(3)25)18(29)30/h9-14,24-25H,4-8,19-20H2,1-3H3,(H,21,28)(H,22,26)(H,23,27)(H,29,30). The normalized spacial score (nSPS) is 16.1. The van der Waals surface area contributed by atoms with Crippen molar-refractivity contribution < 1.29 is 34.5 Å². The van der Waals surface area contributed by atoms with Gasteiger partial charge in [-0.15, -0.1) is 0 Å². The molecule has 0 saturated carbocycles. The monoisotopic (exact) mass is 433 g/mol. The average molecular weight is 434 g/mol. The average Bonchev–Trinajstić information content (AvgIpc) is 2.67. The first-order chi connectivity index (χ1) is 14.0. The van der Waals surface area contributed by atoms with Crippen LogP contribution in [-0.2, 0) is 19.2 Å². The summed E-state index contributed by atoms with van der Waals surface area (Å²) in [6.07, 6.45) is -0.0493. The highest BCUT2D eigenvalue weighted by Crippen LogP contribution is 2.05. The van der Waals surface area contributed by atoms with E-state index < -0.39 is 60.6 Å². The Kier molecular flexibility index (Phi) is 12.8. The summed E-state index contributed by atoms with van der Waals surface area (Å²) < 4.78 is 0. The number of carbonyl (C=O) groups excluding carboxylic acids is 3. The van der Waals surface area contributed by atoms with E-state index in [4.69, 9.17) is 16.6 Å². The molecule has 0 saturated heterocycles. The summed E-state index contributed by atoms with van der Waals surface area (Å²) in [5, 5.41) is 34.8. The van der Waals surface area contributed by atoms with Gasteiger partial charge in [-0.05, 0) is 38.6 Å². The Morgan fingerprint density at radius 3 is 1.87 bits per heavy atom. The zero-order chi connectivity index (χ0) is 23.4. The molecule has 0 rings (SSSR count). The number of nitrogens with two attached hydrogens (primary N) is 2. The van der Waals surface area contributed by atoms with Gasteiger partial charge in [0.1, 0.15) is 12.1 Å². The molecule has 0 bridgehead atoms. The fraction of sp³-hybridized carbons (Fsp3) is 0.778. The molecule has 5 atom stereocenters. The van der Waals surface area contributed by atoms with Gasteiger partial charge in [0.05, 0.1) is 18.8 Å². The molecule has 0 aliphatic carbocycles. The minimum atomic E-state index is -1.62. The van der Waals surface area contributed by atoms with Crippen molar-refractivity contribution in [2.75, 3.05) is 13.2 Å². The zero-order valence-corrected chi connectivity index (χ0v) is 17.6. The molecule has 0 aromatic rings. The Hall–Kier alpha value is -2.28. The van der Waals surface area contributed by atoms with Crippen molar-refractivity contribution in [3.8, 4) is 0 Å². The van der Waals surface area contributed by atoms with Gasteiger partial charge < -0.3 is 42.7 Å². The number of aliphatic hydroxyl groups excluding tert-OH is 2. The van der Waals surface area contributed by atoms with Crippen LogP contribution >= 0.6 is 0 Å². The number of carbonyl (C=O) groups is 4. The van der Waals surface area contributed by atoms with Crippen LogP contribution in [0.2, 0.25) is 0 Å². The number of nitrogens with one attached hydrogen (secondary N) is 3. The summed E-state index contributed by atoms with van der Waals surface area (Å²) in [6.45, 7) is 4.25. The van der Waals surface area contributed by atoms with Gasteiger partial charge in [-0.2, -0.15) is 0 Å². The number of aliphatic carboxylic acids is 1. The lowest BCUT2D eigenvalue weighted by atomic mass is 10.0. The fourth-order valence-electron chi connectivity index (χ4n) is 2.44. The van der Waals surface area contributed by atoms with Gasteiger partial charge in [0.25, 0.3) is 0 Å². The van der Waals surface area contributed by atoms with Gasteiger partial charge in [0.15, 0.2) is 6.04 Å². The lowest BCUT2D eigenvalue weighted by Crippen LogP contribution is -2.59. The Bertz CT molecular complexity index is 585. The number of aliphatic hydroxyl groups is 2. The van der Waals surface area contributed by atoms with Gasteiger partial charge >= 0.3 is 5.97 Å². The lowest BCUT2D eigenvalue weighted by Gasteiger charge is -2.25. The highest BCUT2D eigenvalue weighted by molar-refractivity contribution is 5.94. The van der Waals surface area contributed by atoms with Crippen molar-refractivity contribution in [2.24, 2.45) is 17.4 Å². The summed E-state index contributed by atoms with van der Waals surface area (Å²) in [4.78, 5) is 48.3. The van der Waals surface area contributed by atoms with E-state index in [-0.39, 0.29) is 12.3 Å². The topological polar surface area (TPSA) is 217 Å². The molecule has 0 aromatic carbocycles. The molecule has 0 aliphatic rings. The van der Waals surface area contributed by atoms with Crippen LogP contribution in [0.25, 0.3) is 0 Å². The molecule has 5 unspecified atom stereocenters. The first-order valence-corrected chi connectivity index (χ1v) is 9.84. The predicted octanol–water partition coefficient (Wildman–Crippen LogP) is -2.99. The highest BCUT2D eigenvalue weighted by atomic mass is 16.4. The van der Waals surface area contributed by atoms with Gasteiger partial charge in [-0.1, -0.05) is 13.8 Å². The SMILES string of the molecule is CC(C)C(N)C(=O)NC(CCCCN)C(=O)NC(CO)C(=O)NC(C(=O)O)C(C)O. The van der Waals surface area contributed by atoms with E-state index in [1.165, 1.54) is 6.92 Å². The number of hydrogen-bond donors (Lipinski definition) is 8. The summed E-state index contributed by atoms with van der Waals surface area (Å²) >= 11 is 0. The molecular weight excluding hydrogens is 398 g/mol. The van der Waals surface area contributed by atoms with Gasteiger partial charge in [0.2, 0.25) is 17.7 Å². The highest BCUT2D eigenvalue weighted by Gasteiger charge is 2.31. The molecule has 12 heteroatoms. The van der Waals surface area contributed by atoms with Crippen LogP contribution in [0.1, 0.15) is 40.0 Å². The largest absolute Gasteiger partial charge is 0.480 e. The third kappa shape index (κ3) is 9.48. The molecule has 0 radical (unpaired) electrons. The van der Waals surface area contributed by atoms with Crippen molar-refractivity contribution in [3.63, 3.8) is 0 Å². The first kappa shape index (κ1) is 27.7. The van der Waals surface area contributed by atoms with E-state index in [1.54, 1.807) is 13.8 Å². The quantitative estimate of drug-likeness (QED) is 0.131. The number of amides is 3. The summed E-state index contributed by atoms with van der Waals surface area (Å²) in [5.74, 6) is -3.92. The number of unbranched alkanes of at least 4 members (excludes halogenated alkanes) is 1. The molecule has 12 nitrogen and oxygen atoms in total. The van der Waals surface area contributed by atoms with Crippen LogP contribution in [0.4, 0.5) is 0 Å². The van der Waals surface area contributed by atoms with Gasteiger partial charge in [0, 0.05) is 0 Å². The second-order valence-corrected chi connectivity index (χ2v) is 7.42. The third-order valence-electron chi connectivity index (χ3n) is 4.46. The van der Waals surface area contributed by atoms with Crippen LogP contribution < -0.4 is 27.4 Å². The van der Waals surface area contributed by atoms with Gasteiger partial charge in [-0.25, -0.2) is 4.79 Å². The fourth-order valence-corrected chi connectivity index (χ4v) is 2.44. The predicted molar refractivity (Wildman–Crippen MR) is 108 cm³/mol. The minimum absolute atomic E-state index is 0.165. The first-order valence-electron chi connectivity index (χ1n) is 9.84. The maximum absolute atomic E-state index is 12.6. The van der Waals surface area contributed by atoms with E-state index in [9.17, 15) is 29.4 Å². The summed E-state index contributed by atoms with van der Waals surface area (Å²) in [7, 11) is 0. The molecule has 10 N–H and O–H groups in total. The Balaban J connectivity index is 5.23. The zero-order valence-electron chi connectivity index (χ0n) is 17.6. The van der Waals surface area contributed by atoms with Crippen LogP contribution in [0, 0.1) is 5.92 Å². The maximum Gasteiger partial charge on any atom is 0.328 e. The Morgan fingerprint density at radius 2 is 1.43 bits per heavy atom. The smallest absolute Gasteiger partial charge is 0.328 e. The van der Waals surface area contributed by atoms with Crippen LogP contribution in [0.5, 0.6) is 0 Å². The maximum atomic E-state index is 12.6. The lowest BCUT2D eigenvalue weighted by molar-refractivity contribution is -0.145.